The molecule has 1 atom stereocenters. The van der Waals surface area contributed by atoms with Gasteiger partial charge in [0.25, 0.3) is 5.91 Å². The molecule has 7 nitrogen and oxygen atoms in total. The van der Waals surface area contributed by atoms with Crippen LogP contribution in [0.15, 0.2) is 60.9 Å². The van der Waals surface area contributed by atoms with Crippen LogP contribution in [0.5, 0.6) is 5.75 Å². The van der Waals surface area contributed by atoms with Crippen LogP contribution >= 0.6 is 0 Å². The lowest BCUT2D eigenvalue weighted by molar-refractivity contribution is -0.119. The Morgan fingerprint density at radius 2 is 1.79 bits per heavy atom. The Labute approximate surface area is 169 Å². The number of ether oxygens (including phenoxy) is 1. The third kappa shape index (κ3) is 5.01. The van der Waals surface area contributed by atoms with Gasteiger partial charge in [-0.2, -0.15) is 0 Å². The summed E-state index contributed by atoms with van der Waals surface area (Å²) in [5.41, 5.74) is 2.35. The molecule has 7 heteroatoms. The van der Waals surface area contributed by atoms with Crippen molar-refractivity contribution in [2.75, 3.05) is 7.11 Å². The zero-order valence-corrected chi connectivity index (χ0v) is 16.7. The number of methoxy groups -OCH3 is 1. The second-order valence-corrected chi connectivity index (χ2v) is 6.68. The van der Waals surface area contributed by atoms with Crippen molar-refractivity contribution in [1.29, 1.82) is 0 Å². The lowest BCUT2D eigenvalue weighted by Crippen LogP contribution is -2.31. The quantitative estimate of drug-likeness (QED) is 0.647. The van der Waals surface area contributed by atoms with E-state index in [0.717, 1.165) is 22.7 Å². The third-order valence-corrected chi connectivity index (χ3v) is 4.60. The molecular formula is C22H24N4O3. The topological polar surface area (TPSA) is 85.2 Å². The summed E-state index contributed by atoms with van der Waals surface area (Å²) in [4.78, 5) is 28.3. The van der Waals surface area contributed by atoms with Gasteiger partial charge in [0.15, 0.2) is 0 Å². The minimum absolute atomic E-state index is 0.0933. The van der Waals surface area contributed by atoms with Crippen molar-refractivity contribution in [3.63, 3.8) is 0 Å². The van der Waals surface area contributed by atoms with Crippen molar-refractivity contribution in [1.82, 2.24) is 20.2 Å². The van der Waals surface area contributed by atoms with Crippen LogP contribution < -0.4 is 15.4 Å². The molecule has 0 saturated carbocycles. The first kappa shape index (κ1) is 20.1. The van der Waals surface area contributed by atoms with Gasteiger partial charge in [-0.15, -0.1) is 0 Å². The predicted octanol–water partition coefficient (Wildman–Crippen LogP) is 2.58. The maximum absolute atomic E-state index is 12.9. The molecule has 0 fully saturated rings. The summed E-state index contributed by atoms with van der Waals surface area (Å²) in [6.07, 6.45) is 3.55. The van der Waals surface area contributed by atoms with E-state index in [1.54, 1.807) is 25.4 Å². The molecule has 0 aliphatic carbocycles. The van der Waals surface area contributed by atoms with Crippen LogP contribution in [0.2, 0.25) is 0 Å². The van der Waals surface area contributed by atoms with E-state index in [9.17, 15) is 9.59 Å². The fourth-order valence-corrected chi connectivity index (χ4v) is 2.96. The maximum Gasteiger partial charge on any atom is 0.252 e. The van der Waals surface area contributed by atoms with Crippen LogP contribution in [0.1, 0.15) is 40.3 Å². The van der Waals surface area contributed by atoms with Crippen molar-refractivity contribution in [2.24, 2.45) is 7.05 Å². The molecule has 150 valence electrons. The van der Waals surface area contributed by atoms with Crippen molar-refractivity contribution < 1.29 is 14.3 Å². The van der Waals surface area contributed by atoms with Gasteiger partial charge in [-0.05, 0) is 35.4 Å². The number of rotatable bonds is 7. The van der Waals surface area contributed by atoms with E-state index >= 15 is 0 Å². The highest BCUT2D eigenvalue weighted by Gasteiger charge is 2.21. The van der Waals surface area contributed by atoms with Gasteiger partial charge < -0.3 is 19.9 Å². The summed E-state index contributed by atoms with van der Waals surface area (Å²) < 4.78 is 7.11. The normalized spacial score (nSPS) is 11.6. The predicted molar refractivity (Wildman–Crippen MR) is 109 cm³/mol. The van der Waals surface area contributed by atoms with E-state index in [1.165, 1.54) is 6.92 Å². The lowest BCUT2D eigenvalue weighted by Gasteiger charge is -2.19. The highest BCUT2D eigenvalue weighted by atomic mass is 16.5. The number of amides is 2. The number of carbonyl (C=O) groups excluding carboxylic acids is 2. The first-order chi connectivity index (χ1) is 14.0. The third-order valence-electron chi connectivity index (χ3n) is 4.60. The molecule has 3 aromatic rings. The van der Waals surface area contributed by atoms with Crippen LogP contribution in [0, 0.1) is 0 Å². The van der Waals surface area contributed by atoms with Crippen molar-refractivity contribution in [2.45, 2.75) is 19.5 Å². The van der Waals surface area contributed by atoms with Gasteiger partial charge in [0.05, 0.1) is 7.11 Å². The molecule has 0 aliphatic rings. The average molecular weight is 392 g/mol. The Kier molecular flexibility index (Phi) is 6.29. The molecule has 1 aromatic heterocycles. The van der Waals surface area contributed by atoms with Gasteiger partial charge in [0.2, 0.25) is 5.91 Å². The Morgan fingerprint density at radius 1 is 1.10 bits per heavy atom. The Balaban J connectivity index is 1.81. The number of nitrogens with one attached hydrogen (secondary N) is 2. The highest BCUT2D eigenvalue weighted by Crippen LogP contribution is 2.23. The van der Waals surface area contributed by atoms with E-state index in [1.807, 2.05) is 54.2 Å². The first-order valence-electron chi connectivity index (χ1n) is 9.23. The Hall–Kier alpha value is -3.61. The molecule has 0 spiro atoms. The van der Waals surface area contributed by atoms with Crippen LogP contribution in [0.3, 0.4) is 0 Å². The molecule has 1 unspecified atom stereocenters. The average Bonchev–Trinajstić information content (AvgIpc) is 3.16. The van der Waals surface area contributed by atoms with Gasteiger partial charge in [-0.1, -0.05) is 24.3 Å². The molecule has 0 bridgehead atoms. The SMILES string of the molecule is COc1ccc(C(NC(=O)c2ccc(CNC(C)=O)cc2)c2nccn2C)cc1. The molecule has 29 heavy (non-hydrogen) atoms. The largest absolute Gasteiger partial charge is 0.497 e. The number of imidazole rings is 1. The zero-order valence-electron chi connectivity index (χ0n) is 16.7. The molecule has 2 N–H and O–H groups in total. The van der Waals surface area contributed by atoms with Crippen LogP contribution in [-0.4, -0.2) is 28.5 Å². The summed E-state index contributed by atoms with van der Waals surface area (Å²) in [5, 5.41) is 5.80. The summed E-state index contributed by atoms with van der Waals surface area (Å²) in [5.74, 6) is 1.17. The molecule has 2 amide bonds. The van der Waals surface area contributed by atoms with Gasteiger partial charge in [0, 0.05) is 38.5 Å². The fraction of sp³-hybridized carbons (Fsp3) is 0.227. The number of hydrogen-bond acceptors (Lipinski definition) is 4. The molecule has 1 heterocycles. The molecule has 0 saturated heterocycles. The number of nitrogens with zero attached hydrogens (tertiary/aromatic N) is 2. The van der Waals surface area contributed by atoms with Gasteiger partial charge in [-0.3, -0.25) is 9.59 Å². The monoisotopic (exact) mass is 392 g/mol. The Bertz CT molecular complexity index is 978. The van der Waals surface area contributed by atoms with Gasteiger partial charge >= 0.3 is 0 Å². The molecule has 2 aromatic carbocycles. The van der Waals surface area contributed by atoms with E-state index in [0.29, 0.717) is 12.1 Å². The van der Waals surface area contributed by atoms with Crippen molar-refractivity contribution in [3.8, 4) is 5.75 Å². The van der Waals surface area contributed by atoms with Crippen LogP contribution in [0.25, 0.3) is 0 Å². The van der Waals surface area contributed by atoms with E-state index in [-0.39, 0.29) is 11.8 Å². The molecule has 0 aliphatic heterocycles. The smallest absolute Gasteiger partial charge is 0.252 e. The number of carbonyl (C=O) groups is 2. The maximum atomic E-state index is 12.9. The van der Waals surface area contributed by atoms with Gasteiger partial charge in [-0.25, -0.2) is 4.98 Å². The number of aryl methyl sites for hydroxylation is 1. The summed E-state index contributed by atoms with van der Waals surface area (Å²) >= 11 is 0. The van der Waals surface area contributed by atoms with Crippen LogP contribution in [-0.2, 0) is 18.4 Å². The number of hydrogen-bond donors (Lipinski definition) is 2. The minimum Gasteiger partial charge on any atom is -0.497 e. The second kappa shape index (κ2) is 9.05. The summed E-state index contributed by atoms with van der Waals surface area (Å²) in [7, 11) is 3.50. The summed E-state index contributed by atoms with van der Waals surface area (Å²) in [6.45, 7) is 1.90. The highest BCUT2D eigenvalue weighted by molar-refractivity contribution is 5.94. The van der Waals surface area contributed by atoms with Crippen molar-refractivity contribution >= 4 is 11.8 Å². The minimum atomic E-state index is -0.410. The van der Waals surface area contributed by atoms with Crippen LogP contribution in [0.4, 0.5) is 0 Å². The lowest BCUT2D eigenvalue weighted by atomic mass is 10.0. The first-order valence-corrected chi connectivity index (χ1v) is 9.23. The molecular weight excluding hydrogens is 368 g/mol. The van der Waals surface area contributed by atoms with Crippen molar-refractivity contribution in [3.05, 3.63) is 83.4 Å². The second-order valence-electron chi connectivity index (χ2n) is 6.68. The van der Waals surface area contributed by atoms with Gasteiger partial charge in [0.1, 0.15) is 17.6 Å². The van der Waals surface area contributed by atoms with E-state index in [4.69, 9.17) is 4.74 Å². The Morgan fingerprint density at radius 3 is 2.34 bits per heavy atom. The number of benzene rings is 2. The van der Waals surface area contributed by atoms with E-state index < -0.39 is 6.04 Å². The number of aromatic nitrogens is 2. The standard InChI is InChI=1S/C22H24N4O3/c1-15(27)24-14-16-4-6-18(7-5-16)22(28)25-20(21-23-12-13-26(21)2)17-8-10-19(29-3)11-9-17/h4-13,20H,14H2,1-3H3,(H,24,27)(H,25,28). The molecule has 3 rings (SSSR count). The summed E-state index contributed by atoms with van der Waals surface area (Å²) in [6, 6.07) is 14.3. The molecule has 0 radical (unpaired) electrons. The fourth-order valence-electron chi connectivity index (χ4n) is 2.96. The zero-order chi connectivity index (χ0) is 20.8. The van der Waals surface area contributed by atoms with E-state index in [2.05, 4.69) is 15.6 Å².